The summed E-state index contributed by atoms with van der Waals surface area (Å²) in [7, 11) is 0. The molecule has 0 bridgehead atoms. The normalized spacial score (nSPS) is 12.4. The Morgan fingerprint density at radius 1 is 1.41 bits per heavy atom. The fourth-order valence-electron chi connectivity index (χ4n) is 2.59. The molecule has 2 heterocycles. The van der Waals surface area contributed by atoms with Crippen molar-refractivity contribution in [1.82, 2.24) is 20.2 Å². The van der Waals surface area contributed by atoms with Gasteiger partial charge in [0, 0.05) is 18.0 Å². The van der Waals surface area contributed by atoms with Gasteiger partial charge in [0.25, 0.3) is 5.56 Å². The number of aromatic amines is 2. The van der Waals surface area contributed by atoms with Gasteiger partial charge >= 0.3 is 0 Å². The molecule has 0 aliphatic heterocycles. The number of aryl methyl sites for hydroxylation is 1. The van der Waals surface area contributed by atoms with E-state index >= 15 is 0 Å². The number of H-pyrrole nitrogens is 2. The van der Waals surface area contributed by atoms with Crippen LogP contribution in [0.2, 0.25) is 5.02 Å². The van der Waals surface area contributed by atoms with Crippen molar-refractivity contribution >= 4 is 28.6 Å². The SMILES string of the molecule is Cc1cc(CNc2nc3c(C[C@H](F)OCCO)[nH]nc3c(=O)[nH]2)ccc1Cl. The summed E-state index contributed by atoms with van der Waals surface area (Å²) in [4.78, 5) is 19.1. The van der Waals surface area contributed by atoms with Crippen LogP contribution in [0.5, 0.6) is 0 Å². The molecule has 3 aromatic rings. The van der Waals surface area contributed by atoms with Crippen molar-refractivity contribution in [3.05, 3.63) is 50.4 Å². The molecule has 0 saturated heterocycles. The average molecular weight is 396 g/mol. The minimum atomic E-state index is -1.64. The molecule has 4 N–H and O–H groups in total. The summed E-state index contributed by atoms with van der Waals surface area (Å²) in [6.45, 7) is 1.93. The molecule has 0 radical (unpaired) electrons. The lowest BCUT2D eigenvalue weighted by Crippen LogP contribution is -2.15. The van der Waals surface area contributed by atoms with E-state index in [0.29, 0.717) is 17.3 Å². The third kappa shape index (κ3) is 4.62. The number of aliphatic hydroxyl groups is 1. The highest BCUT2D eigenvalue weighted by Gasteiger charge is 2.16. The van der Waals surface area contributed by atoms with Gasteiger partial charge in [0.2, 0.25) is 12.3 Å². The highest BCUT2D eigenvalue weighted by atomic mass is 35.5. The van der Waals surface area contributed by atoms with Crippen LogP contribution in [0.3, 0.4) is 0 Å². The van der Waals surface area contributed by atoms with Crippen LogP contribution >= 0.6 is 11.6 Å². The zero-order valence-electron chi connectivity index (χ0n) is 14.6. The van der Waals surface area contributed by atoms with Crippen LogP contribution in [-0.4, -0.2) is 44.8 Å². The summed E-state index contributed by atoms with van der Waals surface area (Å²) in [6, 6.07) is 5.60. The van der Waals surface area contributed by atoms with E-state index in [-0.39, 0.29) is 36.6 Å². The molecule has 0 saturated carbocycles. The molecule has 0 aliphatic carbocycles. The lowest BCUT2D eigenvalue weighted by molar-refractivity contribution is -0.0500. The lowest BCUT2D eigenvalue weighted by atomic mass is 10.1. The van der Waals surface area contributed by atoms with E-state index in [1.165, 1.54) is 0 Å². The third-order valence-electron chi connectivity index (χ3n) is 3.92. The first-order chi connectivity index (χ1) is 13.0. The maximum Gasteiger partial charge on any atom is 0.280 e. The molecule has 1 atom stereocenters. The molecule has 8 nitrogen and oxygen atoms in total. The molecule has 0 amide bonds. The van der Waals surface area contributed by atoms with Crippen LogP contribution in [0, 0.1) is 6.92 Å². The van der Waals surface area contributed by atoms with E-state index in [1.54, 1.807) is 6.07 Å². The molecule has 27 heavy (non-hydrogen) atoms. The van der Waals surface area contributed by atoms with E-state index < -0.39 is 11.9 Å². The standard InChI is InChI=1S/C17H19ClFN5O3/c1-9-6-10(2-3-11(9)18)8-20-17-21-14-12(7-13(19)27-5-4-25)23-24-15(14)16(26)22-17/h2-3,6,13,25H,4-5,7-8H2,1H3,(H,23,24)(H2,20,21,22,26)/t13-/m1/s1. The smallest absolute Gasteiger partial charge is 0.280 e. The average Bonchev–Trinajstić information content (AvgIpc) is 3.04. The van der Waals surface area contributed by atoms with Crippen LogP contribution in [-0.2, 0) is 17.7 Å². The second kappa shape index (κ2) is 8.47. The van der Waals surface area contributed by atoms with Gasteiger partial charge in [-0.1, -0.05) is 23.7 Å². The first-order valence-corrected chi connectivity index (χ1v) is 8.68. The summed E-state index contributed by atoms with van der Waals surface area (Å²) in [5, 5.41) is 18.9. The summed E-state index contributed by atoms with van der Waals surface area (Å²) >= 11 is 6.02. The molecule has 2 aromatic heterocycles. The molecule has 0 fully saturated rings. The Kier molecular flexibility index (Phi) is 6.04. The number of rotatable bonds is 8. The summed E-state index contributed by atoms with van der Waals surface area (Å²) in [5.41, 5.74) is 2.17. The molecular weight excluding hydrogens is 377 g/mol. The fourth-order valence-corrected chi connectivity index (χ4v) is 2.70. The number of nitrogens with zero attached hydrogens (tertiary/aromatic N) is 2. The molecular formula is C17H19ClFN5O3. The van der Waals surface area contributed by atoms with Gasteiger partial charge in [-0.25, -0.2) is 9.37 Å². The number of benzene rings is 1. The van der Waals surface area contributed by atoms with Gasteiger partial charge in [0.05, 0.1) is 18.9 Å². The van der Waals surface area contributed by atoms with Gasteiger partial charge in [0.15, 0.2) is 5.52 Å². The Labute approximate surface area is 158 Å². The fraction of sp³-hybridized carbons (Fsp3) is 0.353. The predicted octanol–water partition coefficient (Wildman–Crippen LogP) is 2.07. The predicted molar refractivity (Wildman–Crippen MR) is 99.7 cm³/mol. The minimum absolute atomic E-state index is 0.0900. The van der Waals surface area contributed by atoms with Crippen LogP contribution < -0.4 is 10.9 Å². The maximum atomic E-state index is 13.8. The number of fused-ring (bicyclic) bond motifs is 1. The van der Waals surface area contributed by atoms with E-state index in [4.69, 9.17) is 21.4 Å². The van der Waals surface area contributed by atoms with Crippen LogP contribution in [0.1, 0.15) is 16.8 Å². The van der Waals surface area contributed by atoms with Gasteiger partial charge in [-0.05, 0) is 24.1 Å². The second-order valence-electron chi connectivity index (χ2n) is 5.96. The molecule has 144 valence electrons. The largest absolute Gasteiger partial charge is 0.394 e. The monoisotopic (exact) mass is 395 g/mol. The number of halogens is 2. The Morgan fingerprint density at radius 3 is 2.96 bits per heavy atom. The molecule has 3 rings (SSSR count). The van der Waals surface area contributed by atoms with Gasteiger partial charge in [-0.15, -0.1) is 0 Å². The summed E-state index contributed by atoms with van der Waals surface area (Å²) in [6.07, 6.45) is -1.81. The van der Waals surface area contributed by atoms with Crippen LogP contribution in [0.15, 0.2) is 23.0 Å². The van der Waals surface area contributed by atoms with Crippen molar-refractivity contribution in [3.8, 4) is 0 Å². The Balaban J connectivity index is 1.79. The number of alkyl halides is 1. The summed E-state index contributed by atoms with van der Waals surface area (Å²) in [5.74, 6) is 0.245. The number of hydrogen-bond acceptors (Lipinski definition) is 6. The van der Waals surface area contributed by atoms with E-state index in [9.17, 15) is 9.18 Å². The first-order valence-electron chi connectivity index (χ1n) is 8.30. The zero-order chi connectivity index (χ0) is 19.4. The van der Waals surface area contributed by atoms with Crippen molar-refractivity contribution in [1.29, 1.82) is 0 Å². The highest BCUT2D eigenvalue weighted by Crippen LogP contribution is 2.18. The topological polar surface area (TPSA) is 116 Å². The molecule has 0 aliphatic rings. The summed E-state index contributed by atoms with van der Waals surface area (Å²) < 4.78 is 18.6. The number of aliphatic hydroxyl groups excluding tert-OH is 1. The zero-order valence-corrected chi connectivity index (χ0v) is 15.3. The van der Waals surface area contributed by atoms with E-state index in [0.717, 1.165) is 11.1 Å². The van der Waals surface area contributed by atoms with Gasteiger partial charge in [0.1, 0.15) is 5.52 Å². The van der Waals surface area contributed by atoms with Gasteiger partial charge in [-0.3, -0.25) is 14.9 Å². The van der Waals surface area contributed by atoms with Crippen molar-refractivity contribution in [2.24, 2.45) is 0 Å². The molecule has 10 heteroatoms. The van der Waals surface area contributed by atoms with Crippen molar-refractivity contribution in [2.75, 3.05) is 18.5 Å². The minimum Gasteiger partial charge on any atom is -0.394 e. The Hall–Kier alpha value is -2.49. The first kappa shape index (κ1) is 19.3. The number of nitrogens with one attached hydrogen (secondary N) is 3. The van der Waals surface area contributed by atoms with Crippen LogP contribution in [0.4, 0.5) is 10.3 Å². The van der Waals surface area contributed by atoms with Gasteiger partial charge in [-0.2, -0.15) is 5.10 Å². The van der Waals surface area contributed by atoms with E-state index in [1.807, 2.05) is 19.1 Å². The van der Waals surface area contributed by atoms with Crippen molar-refractivity contribution in [2.45, 2.75) is 26.2 Å². The second-order valence-corrected chi connectivity index (χ2v) is 6.37. The van der Waals surface area contributed by atoms with Crippen LogP contribution in [0.25, 0.3) is 11.0 Å². The van der Waals surface area contributed by atoms with Crippen molar-refractivity contribution in [3.63, 3.8) is 0 Å². The maximum absolute atomic E-state index is 13.8. The molecule has 1 aromatic carbocycles. The Bertz CT molecular complexity index is 990. The highest BCUT2D eigenvalue weighted by molar-refractivity contribution is 6.31. The molecule has 0 unspecified atom stereocenters. The quantitative estimate of drug-likeness (QED) is 0.464. The van der Waals surface area contributed by atoms with Crippen molar-refractivity contribution < 1.29 is 14.2 Å². The molecule has 0 spiro atoms. The number of anilines is 1. The lowest BCUT2D eigenvalue weighted by Gasteiger charge is -2.08. The number of aromatic nitrogens is 4. The number of ether oxygens (including phenoxy) is 1. The Morgan fingerprint density at radius 2 is 2.22 bits per heavy atom. The number of hydrogen-bond donors (Lipinski definition) is 4. The van der Waals surface area contributed by atoms with Gasteiger partial charge < -0.3 is 15.2 Å². The van der Waals surface area contributed by atoms with E-state index in [2.05, 4.69) is 25.5 Å². The third-order valence-corrected chi connectivity index (χ3v) is 4.34.